The number of allylic oxidation sites excluding steroid dienone is 14. The van der Waals surface area contributed by atoms with E-state index in [9.17, 15) is 14.4 Å². The average Bonchev–Trinajstić information content (AvgIpc) is 3.34. The summed E-state index contributed by atoms with van der Waals surface area (Å²) in [4.78, 5) is 38.0. The maximum atomic E-state index is 12.8. The van der Waals surface area contributed by atoms with Gasteiger partial charge in [0, 0.05) is 19.3 Å². The molecule has 0 amide bonds. The van der Waals surface area contributed by atoms with Crippen molar-refractivity contribution in [3.63, 3.8) is 0 Å². The highest BCUT2D eigenvalue weighted by atomic mass is 16.6. The molecule has 6 heteroatoms. The first-order valence-electron chi connectivity index (χ1n) is 28.6. The molecule has 0 heterocycles. The van der Waals surface area contributed by atoms with E-state index in [2.05, 4.69) is 106 Å². The van der Waals surface area contributed by atoms with Crippen molar-refractivity contribution in [3.8, 4) is 0 Å². The molecule has 0 fully saturated rings. The van der Waals surface area contributed by atoms with Crippen molar-refractivity contribution in [2.24, 2.45) is 0 Å². The van der Waals surface area contributed by atoms with Crippen LogP contribution < -0.4 is 0 Å². The fourth-order valence-corrected chi connectivity index (χ4v) is 7.89. The standard InChI is InChI=1S/C62H106O6/c1-4-7-10-13-16-19-22-24-26-27-28-29-30-31-32-33-34-35-37-38-40-43-46-49-52-55-61(64)67-58-59(57-66-60(63)54-51-48-45-42-21-18-15-12-9-6-3)68-62(65)56-53-50-47-44-41-39-36-25-23-20-17-14-11-8-5-2/h7,10,16,19,24,26,28-29,31-32,34-35,38,40,59H,4-6,8-9,11-15,17-18,20-23,25,27,30,33,36-37,39,41-58H2,1-3H3/b10-7-,19-16-,26-24-,29-28-,32-31-,35-34-,40-38-. The zero-order chi connectivity index (χ0) is 49.3. The highest BCUT2D eigenvalue weighted by Crippen LogP contribution is 2.16. The molecule has 0 bridgehead atoms. The lowest BCUT2D eigenvalue weighted by Gasteiger charge is -2.18. The Hall–Kier alpha value is -3.41. The van der Waals surface area contributed by atoms with E-state index in [1.165, 1.54) is 122 Å². The smallest absolute Gasteiger partial charge is 0.306 e. The van der Waals surface area contributed by atoms with Gasteiger partial charge in [0.25, 0.3) is 0 Å². The Morgan fingerprint density at radius 2 is 0.574 bits per heavy atom. The van der Waals surface area contributed by atoms with Crippen LogP contribution in [0.5, 0.6) is 0 Å². The quantitative estimate of drug-likeness (QED) is 0.0262. The molecule has 0 N–H and O–H groups in total. The molecule has 68 heavy (non-hydrogen) atoms. The van der Waals surface area contributed by atoms with Crippen LogP contribution in [0.15, 0.2) is 85.1 Å². The summed E-state index contributed by atoms with van der Waals surface area (Å²) in [7, 11) is 0. The van der Waals surface area contributed by atoms with Gasteiger partial charge in [-0.05, 0) is 77.0 Å². The molecule has 0 aromatic rings. The topological polar surface area (TPSA) is 78.9 Å². The first-order chi connectivity index (χ1) is 33.5. The first kappa shape index (κ1) is 64.6. The van der Waals surface area contributed by atoms with Crippen LogP contribution in [-0.2, 0) is 28.6 Å². The molecule has 0 saturated carbocycles. The van der Waals surface area contributed by atoms with Crippen molar-refractivity contribution in [1.82, 2.24) is 0 Å². The molecule has 0 aliphatic rings. The molecule has 1 unspecified atom stereocenters. The maximum absolute atomic E-state index is 12.8. The number of carbonyl (C=O) groups excluding carboxylic acids is 3. The van der Waals surface area contributed by atoms with E-state index in [1.807, 2.05) is 0 Å². The van der Waals surface area contributed by atoms with E-state index in [0.717, 1.165) is 109 Å². The van der Waals surface area contributed by atoms with Gasteiger partial charge in [-0.25, -0.2) is 0 Å². The minimum Gasteiger partial charge on any atom is -0.462 e. The summed E-state index contributed by atoms with van der Waals surface area (Å²) in [5.41, 5.74) is 0. The van der Waals surface area contributed by atoms with Crippen LogP contribution in [0, 0.1) is 0 Å². The Labute approximate surface area is 420 Å². The summed E-state index contributed by atoms with van der Waals surface area (Å²) in [5, 5.41) is 0. The third-order valence-corrected chi connectivity index (χ3v) is 12.2. The van der Waals surface area contributed by atoms with Crippen LogP contribution in [-0.4, -0.2) is 37.2 Å². The molecule has 0 rings (SSSR count). The van der Waals surface area contributed by atoms with Gasteiger partial charge in [-0.3, -0.25) is 14.4 Å². The van der Waals surface area contributed by atoms with Gasteiger partial charge < -0.3 is 14.2 Å². The monoisotopic (exact) mass is 947 g/mol. The molecule has 1 atom stereocenters. The Balaban J connectivity index is 4.35. The second kappa shape index (κ2) is 56.2. The van der Waals surface area contributed by atoms with Crippen LogP contribution in [0.2, 0.25) is 0 Å². The Morgan fingerprint density at radius 3 is 0.897 bits per heavy atom. The number of unbranched alkanes of at least 4 members (excludes halogenated alkanes) is 26. The lowest BCUT2D eigenvalue weighted by molar-refractivity contribution is -0.167. The first-order valence-corrected chi connectivity index (χ1v) is 28.6. The molecule has 0 spiro atoms. The van der Waals surface area contributed by atoms with Crippen LogP contribution in [0.4, 0.5) is 0 Å². The van der Waals surface area contributed by atoms with Gasteiger partial charge in [-0.15, -0.1) is 0 Å². The van der Waals surface area contributed by atoms with Crippen molar-refractivity contribution in [2.75, 3.05) is 13.2 Å². The van der Waals surface area contributed by atoms with Gasteiger partial charge in [0.05, 0.1) is 0 Å². The number of carbonyl (C=O) groups is 3. The average molecular weight is 948 g/mol. The summed E-state index contributed by atoms with van der Waals surface area (Å²) in [5.74, 6) is -0.913. The van der Waals surface area contributed by atoms with Gasteiger partial charge in [-0.2, -0.15) is 0 Å². The fraction of sp³-hybridized carbons (Fsp3) is 0.726. The number of hydrogen-bond donors (Lipinski definition) is 0. The SMILES string of the molecule is CC/C=C\C/C=C\C/C=C\C/C=C\C/C=C\C/C=C\C/C=C\CCCCCC(=O)OCC(COC(=O)CCCCCCCCCCCC)OC(=O)CCCCCCCCCCCCCCCCC. The fourth-order valence-electron chi connectivity index (χ4n) is 7.89. The van der Waals surface area contributed by atoms with Crippen molar-refractivity contribution >= 4 is 17.9 Å². The van der Waals surface area contributed by atoms with Gasteiger partial charge in [0.2, 0.25) is 0 Å². The summed E-state index contributed by atoms with van der Waals surface area (Å²) in [6.07, 6.45) is 72.9. The molecular weight excluding hydrogens is 841 g/mol. The molecule has 0 aliphatic carbocycles. The lowest BCUT2D eigenvalue weighted by atomic mass is 10.0. The minimum absolute atomic E-state index is 0.0840. The number of rotatable bonds is 51. The third kappa shape index (κ3) is 53.5. The molecule has 0 aliphatic heterocycles. The molecule has 0 aromatic carbocycles. The van der Waals surface area contributed by atoms with Gasteiger partial charge in [-0.1, -0.05) is 260 Å². The summed E-state index contributed by atoms with van der Waals surface area (Å²) < 4.78 is 16.8. The molecular formula is C62H106O6. The van der Waals surface area contributed by atoms with Crippen LogP contribution in [0.1, 0.15) is 271 Å². The molecule has 390 valence electrons. The minimum atomic E-state index is -0.786. The molecule has 6 nitrogen and oxygen atoms in total. The zero-order valence-corrected chi connectivity index (χ0v) is 44.6. The molecule has 0 aromatic heterocycles. The van der Waals surface area contributed by atoms with E-state index in [0.29, 0.717) is 19.3 Å². The highest BCUT2D eigenvalue weighted by Gasteiger charge is 2.19. The second-order valence-electron chi connectivity index (χ2n) is 18.8. The Bertz CT molecular complexity index is 1320. The van der Waals surface area contributed by atoms with E-state index in [1.54, 1.807) is 0 Å². The van der Waals surface area contributed by atoms with Crippen LogP contribution in [0.3, 0.4) is 0 Å². The van der Waals surface area contributed by atoms with E-state index in [4.69, 9.17) is 14.2 Å². The van der Waals surface area contributed by atoms with Crippen molar-refractivity contribution in [3.05, 3.63) is 85.1 Å². The van der Waals surface area contributed by atoms with E-state index < -0.39 is 6.10 Å². The van der Waals surface area contributed by atoms with Crippen LogP contribution >= 0.6 is 0 Å². The number of hydrogen-bond acceptors (Lipinski definition) is 6. The van der Waals surface area contributed by atoms with E-state index in [-0.39, 0.29) is 31.1 Å². The normalized spacial score (nSPS) is 12.7. The predicted molar refractivity (Wildman–Crippen MR) is 293 cm³/mol. The zero-order valence-electron chi connectivity index (χ0n) is 44.6. The lowest BCUT2D eigenvalue weighted by Crippen LogP contribution is -2.30. The molecule has 0 saturated heterocycles. The number of esters is 3. The van der Waals surface area contributed by atoms with Crippen molar-refractivity contribution in [2.45, 2.75) is 277 Å². The summed E-state index contributed by atoms with van der Waals surface area (Å²) in [6.45, 7) is 6.50. The third-order valence-electron chi connectivity index (χ3n) is 12.2. The second-order valence-corrected chi connectivity index (χ2v) is 18.8. The summed E-state index contributed by atoms with van der Waals surface area (Å²) in [6, 6.07) is 0. The van der Waals surface area contributed by atoms with Crippen molar-refractivity contribution < 1.29 is 28.6 Å². The maximum Gasteiger partial charge on any atom is 0.306 e. The van der Waals surface area contributed by atoms with Gasteiger partial charge in [0.15, 0.2) is 6.10 Å². The summed E-state index contributed by atoms with van der Waals surface area (Å²) >= 11 is 0. The van der Waals surface area contributed by atoms with Gasteiger partial charge in [0.1, 0.15) is 13.2 Å². The van der Waals surface area contributed by atoms with Crippen LogP contribution in [0.25, 0.3) is 0 Å². The Morgan fingerprint density at radius 1 is 0.309 bits per heavy atom. The largest absolute Gasteiger partial charge is 0.462 e. The predicted octanol–water partition coefficient (Wildman–Crippen LogP) is 19.2. The number of ether oxygens (including phenoxy) is 3. The molecule has 0 radical (unpaired) electrons. The van der Waals surface area contributed by atoms with Gasteiger partial charge >= 0.3 is 17.9 Å². The van der Waals surface area contributed by atoms with Crippen molar-refractivity contribution in [1.29, 1.82) is 0 Å². The van der Waals surface area contributed by atoms with E-state index >= 15 is 0 Å². The Kier molecular flexibility index (Phi) is 53.4. The highest BCUT2D eigenvalue weighted by molar-refractivity contribution is 5.71.